The van der Waals surface area contributed by atoms with Gasteiger partial charge in [-0.15, -0.1) is 11.8 Å². The Morgan fingerprint density at radius 2 is 2.05 bits per heavy atom. The smallest absolute Gasteiger partial charge is 0.225 e. The molecule has 21 heavy (non-hydrogen) atoms. The second kappa shape index (κ2) is 7.73. The number of hydrogen-bond donors (Lipinski definition) is 2. The first-order valence-electron chi connectivity index (χ1n) is 6.28. The van der Waals surface area contributed by atoms with Crippen LogP contribution in [0.1, 0.15) is 6.42 Å². The van der Waals surface area contributed by atoms with E-state index in [1.807, 2.05) is 30.3 Å². The Morgan fingerprint density at radius 3 is 2.76 bits per heavy atom. The van der Waals surface area contributed by atoms with E-state index in [0.29, 0.717) is 28.6 Å². The van der Waals surface area contributed by atoms with Gasteiger partial charge in [0.25, 0.3) is 0 Å². The molecule has 0 atom stereocenters. The van der Waals surface area contributed by atoms with E-state index in [-0.39, 0.29) is 5.91 Å². The molecule has 6 heteroatoms. The molecule has 0 aliphatic heterocycles. The molecular weight excluding hydrogens is 372 g/mol. The van der Waals surface area contributed by atoms with Gasteiger partial charge in [0.2, 0.25) is 5.91 Å². The Bertz CT molecular complexity index is 651. The van der Waals surface area contributed by atoms with Crippen LogP contribution in [0.2, 0.25) is 5.02 Å². The fraction of sp³-hybridized carbons (Fsp3) is 0.133. The topological polar surface area (TPSA) is 55.1 Å². The van der Waals surface area contributed by atoms with E-state index in [1.54, 1.807) is 23.9 Å². The number of carbonyl (C=O) groups is 1. The van der Waals surface area contributed by atoms with Crippen LogP contribution in [-0.4, -0.2) is 11.7 Å². The molecule has 0 saturated heterocycles. The third kappa shape index (κ3) is 4.95. The first kappa shape index (κ1) is 16.2. The number of nitrogens with two attached hydrogens (primary N) is 1. The lowest BCUT2D eigenvalue weighted by Crippen LogP contribution is -2.12. The van der Waals surface area contributed by atoms with E-state index in [1.165, 1.54) is 0 Å². The number of thioether (sulfide) groups is 1. The standard InChI is InChI=1S/C15H14BrClN2OS/c16-10-5-6-14(12(18)9-10)21-8-7-15(20)19-13-4-2-1-3-11(13)17/h1-6,9H,7-8,18H2,(H,19,20). The summed E-state index contributed by atoms with van der Waals surface area (Å²) in [4.78, 5) is 12.8. The van der Waals surface area contributed by atoms with E-state index in [9.17, 15) is 4.79 Å². The molecule has 2 aromatic rings. The van der Waals surface area contributed by atoms with Gasteiger partial charge in [0.15, 0.2) is 0 Å². The number of benzene rings is 2. The van der Waals surface area contributed by atoms with Crippen LogP contribution in [0.15, 0.2) is 51.8 Å². The van der Waals surface area contributed by atoms with Gasteiger partial charge in [-0.3, -0.25) is 4.79 Å². The largest absolute Gasteiger partial charge is 0.398 e. The second-order valence-corrected chi connectivity index (χ2v) is 6.77. The lowest BCUT2D eigenvalue weighted by Gasteiger charge is -2.08. The van der Waals surface area contributed by atoms with Crippen molar-refractivity contribution in [3.63, 3.8) is 0 Å². The van der Waals surface area contributed by atoms with Crippen LogP contribution >= 0.6 is 39.3 Å². The molecule has 0 radical (unpaired) electrons. The van der Waals surface area contributed by atoms with Gasteiger partial charge in [0.1, 0.15) is 0 Å². The van der Waals surface area contributed by atoms with Gasteiger partial charge in [-0.1, -0.05) is 39.7 Å². The highest BCUT2D eigenvalue weighted by Crippen LogP contribution is 2.28. The van der Waals surface area contributed by atoms with Gasteiger partial charge in [0, 0.05) is 27.2 Å². The fourth-order valence-corrected chi connectivity index (χ4v) is 3.14. The maximum absolute atomic E-state index is 11.9. The Labute approximate surface area is 141 Å². The van der Waals surface area contributed by atoms with Gasteiger partial charge in [0.05, 0.1) is 10.7 Å². The zero-order valence-electron chi connectivity index (χ0n) is 11.1. The summed E-state index contributed by atoms with van der Waals surface area (Å²) in [5.41, 5.74) is 7.26. The molecule has 2 rings (SSSR count). The molecule has 0 spiro atoms. The molecule has 1 amide bonds. The van der Waals surface area contributed by atoms with Crippen molar-refractivity contribution >= 4 is 56.6 Å². The molecule has 0 fully saturated rings. The summed E-state index contributed by atoms with van der Waals surface area (Å²) in [7, 11) is 0. The fourth-order valence-electron chi connectivity index (χ4n) is 1.68. The van der Waals surface area contributed by atoms with Gasteiger partial charge in [-0.25, -0.2) is 0 Å². The molecule has 110 valence electrons. The predicted molar refractivity (Wildman–Crippen MR) is 94.0 cm³/mol. The first-order valence-corrected chi connectivity index (χ1v) is 8.44. The summed E-state index contributed by atoms with van der Waals surface area (Å²) in [6.45, 7) is 0. The highest BCUT2D eigenvalue weighted by molar-refractivity contribution is 9.10. The van der Waals surface area contributed by atoms with Crippen LogP contribution in [0.4, 0.5) is 11.4 Å². The first-order chi connectivity index (χ1) is 10.1. The summed E-state index contributed by atoms with van der Waals surface area (Å²) in [6, 6.07) is 12.9. The zero-order chi connectivity index (χ0) is 15.2. The van der Waals surface area contributed by atoms with Crippen molar-refractivity contribution in [3.8, 4) is 0 Å². The third-order valence-corrected chi connectivity index (χ3v) is 4.62. The lowest BCUT2D eigenvalue weighted by atomic mass is 10.3. The van der Waals surface area contributed by atoms with Gasteiger partial charge in [-0.2, -0.15) is 0 Å². The van der Waals surface area contributed by atoms with E-state index < -0.39 is 0 Å². The Balaban J connectivity index is 1.83. The number of anilines is 2. The van der Waals surface area contributed by atoms with Crippen molar-refractivity contribution in [1.82, 2.24) is 0 Å². The van der Waals surface area contributed by atoms with Crippen LogP contribution in [0.3, 0.4) is 0 Å². The summed E-state index contributed by atoms with van der Waals surface area (Å²) in [6.07, 6.45) is 0.394. The third-order valence-electron chi connectivity index (χ3n) is 2.71. The minimum absolute atomic E-state index is 0.0636. The maximum Gasteiger partial charge on any atom is 0.225 e. The molecule has 0 unspecified atom stereocenters. The van der Waals surface area contributed by atoms with Crippen molar-refractivity contribution < 1.29 is 4.79 Å². The molecule has 0 bridgehead atoms. The average Bonchev–Trinajstić information content (AvgIpc) is 2.44. The Kier molecular flexibility index (Phi) is 5.96. The van der Waals surface area contributed by atoms with Crippen molar-refractivity contribution in [2.24, 2.45) is 0 Å². The maximum atomic E-state index is 11.9. The number of para-hydroxylation sites is 1. The van der Waals surface area contributed by atoms with E-state index in [0.717, 1.165) is 9.37 Å². The van der Waals surface area contributed by atoms with E-state index in [2.05, 4.69) is 21.2 Å². The van der Waals surface area contributed by atoms with Gasteiger partial charge >= 0.3 is 0 Å². The molecule has 0 aromatic heterocycles. The zero-order valence-corrected chi connectivity index (χ0v) is 14.3. The summed E-state index contributed by atoms with van der Waals surface area (Å²) in [5, 5.41) is 3.33. The lowest BCUT2D eigenvalue weighted by molar-refractivity contribution is -0.115. The van der Waals surface area contributed by atoms with Crippen LogP contribution in [0.25, 0.3) is 0 Å². The molecule has 3 nitrogen and oxygen atoms in total. The van der Waals surface area contributed by atoms with Crippen LogP contribution < -0.4 is 11.1 Å². The van der Waals surface area contributed by atoms with Crippen LogP contribution in [-0.2, 0) is 4.79 Å². The SMILES string of the molecule is Nc1cc(Br)ccc1SCCC(=O)Nc1ccccc1Cl. The van der Waals surface area contributed by atoms with Crippen molar-refractivity contribution in [2.45, 2.75) is 11.3 Å². The Morgan fingerprint density at radius 1 is 1.29 bits per heavy atom. The molecular formula is C15H14BrClN2OS. The number of hydrogen-bond acceptors (Lipinski definition) is 3. The quantitative estimate of drug-likeness (QED) is 0.574. The van der Waals surface area contributed by atoms with Crippen LogP contribution in [0.5, 0.6) is 0 Å². The Hall–Kier alpha value is -1.17. The molecule has 0 aliphatic carbocycles. The summed E-state index contributed by atoms with van der Waals surface area (Å²) >= 11 is 10.9. The average molecular weight is 386 g/mol. The van der Waals surface area contributed by atoms with E-state index >= 15 is 0 Å². The van der Waals surface area contributed by atoms with Crippen LogP contribution in [0, 0.1) is 0 Å². The monoisotopic (exact) mass is 384 g/mol. The van der Waals surface area contributed by atoms with Crippen molar-refractivity contribution in [3.05, 3.63) is 52.0 Å². The normalized spacial score (nSPS) is 10.4. The molecule has 0 saturated carbocycles. The minimum Gasteiger partial charge on any atom is -0.398 e. The highest BCUT2D eigenvalue weighted by atomic mass is 79.9. The number of rotatable bonds is 5. The molecule has 2 aromatic carbocycles. The van der Waals surface area contributed by atoms with Crippen molar-refractivity contribution in [1.29, 1.82) is 0 Å². The predicted octanol–water partition coefficient (Wildman–Crippen LogP) is 4.81. The van der Waals surface area contributed by atoms with Gasteiger partial charge < -0.3 is 11.1 Å². The molecule has 0 heterocycles. The van der Waals surface area contributed by atoms with Gasteiger partial charge in [-0.05, 0) is 30.3 Å². The number of amides is 1. The highest BCUT2D eigenvalue weighted by Gasteiger charge is 2.06. The van der Waals surface area contributed by atoms with Crippen molar-refractivity contribution in [2.75, 3.05) is 16.8 Å². The number of carbonyl (C=O) groups excluding carboxylic acids is 1. The summed E-state index contributed by atoms with van der Waals surface area (Å²) in [5.74, 6) is 0.591. The second-order valence-electron chi connectivity index (χ2n) is 4.31. The number of nitrogens with one attached hydrogen (secondary N) is 1. The number of halogens is 2. The summed E-state index contributed by atoms with van der Waals surface area (Å²) < 4.78 is 0.945. The molecule has 3 N–H and O–H groups in total. The molecule has 0 aliphatic rings. The van der Waals surface area contributed by atoms with E-state index in [4.69, 9.17) is 17.3 Å². The number of nitrogen functional groups attached to an aromatic ring is 1. The minimum atomic E-state index is -0.0636.